The van der Waals surface area contributed by atoms with Gasteiger partial charge < -0.3 is 24.4 Å². The number of hydrogen-bond donors (Lipinski definition) is 1. The van der Waals surface area contributed by atoms with Crippen LogP contribution in [0, 0.1) is 6.92 Å². The Hall–Kier alpha value is -4.00. The molecule has 0 aromatic heterocycles. The molecule has 1 saturated heterocycles. The monoisotopic (exact) mass is 474 g/mol. The fourth-order valence-corrected chi connectivity index (χ4v) is 4.17. The molecule has 1 fully saturated rings. The van der Waals surface area contributed by atoms with Crippen LogP contribution >= 0.6 is 0 Å². The number of nitrogens with one attached hydrogen (secondary N) is 1. The van der Waals surface area contributed by atoms with Crippen molar-refractivity contribution in [1.82, 2.24) is 4.90 Å². The number of nitrogens with zero attached hydrogens (tertiary/aromatic N) is 1. The summed E-state index contributed by atoms with van der Waals surface area (Å²) in [5.74, 6) is 0.727. The second kappa shape index (κ2) is 11.0. The van der Waals surface area contributed by atoms with Crippen molar-refractivity contribution in [2.24, 2.45) is 0 Å². The Morgan fingerprint density at radius 2 is 1.57 bits per heavy atom. The van der Waals surface area contributed by atoms with E-state index in [1.165, 1.54) is 14.2 Å². The zero-order valence-corrected chi connectivity index (χ0v) is 20.3. The molecule has 0 radical (unpaired) electrons. The summed E-state index contributed by atoms with van der Waals surface area (Å²) >= 11 is 0. The van der Waals surface area contributed by atoms with Crippen molar-refractivity contribution in [2.75, 3.05) is 32.6 Å². The highest BCUT2D eigenvalue weighted by molar-refractivity contribution is 6.10. The lowest BCUT2D eigenvalue weighted by Gasteiger charge is -2.20. The smallest absolute Gasteiger partial charge is 0.255 e. The lowest BCUT2D eigenvalue weighted by molar-refractivity contribution is 0.0793. The largest absolute Gasteiger partial charge is 0.493 e. The van der Waals surface area contributed by atoms with Crippen LogP contribution in [-0.2, 0) is 6.61 Å². The number of methoxy groups -OCH3 is 2. The average molecular weight is 475 g/mol. The zero-order chi connectivity index (χ0) is 24.8. The van der Waals surface area contributed by atoms with Gasteiger partial charge in [-0.15, -0.1) is 0 Å². The fourth-order valence-electron chi connectivity index (χ4n) is 4.17. The summed E-state index contributed by atoms with van der Waals surface area (Å²) in [6.45, 7) is 3.67. The maximum atomic E-state index is 13.3. The third-order valence-electron chi connectivity index (χ3n) is 6.08. The number of carbonyl (C=O) groups is 2. The van der Waals surface area contributed by atoms with E-state index in [0.717, 1.165) is 37.1 Å². The van der Waals surface area contributed by atoms with E-state index in [1.807, 2.05) is 54.3 Å². The predicted octanol–water partition coefficient (Wildman–Crippen LogP) is 5.08. The molecule has 0 spiro atoms. The highest BCUT2D eigenvalue weighted by atomic mass is 16.5. The molecule has 7 heteroatoms. The van der Waals surface area contributed by atoms with Gasteiger partial charge in [0.15, 0.2) is 11.5 Å². The molecule has 182 valence electrons. The number of amides is 2. The third-order valence-corrected chi connectivity index (χ3v) is 6.08. The summed E-state index contributed by atoms with van der Waals surface area (Å²) in [4.78, 5) is 28.2. The van der Waals surface area contributed by atoms with Gasteiger partial charge in [0.05, 0.1) is 25.5 Å². The summed E-state index contributed by atoms with van der Waals surface area (Å²) in [5, 5.41) is 2.94. The minimum absolute atomic E-state index is 0.0682. The molecule has 2 amide bonds. The van der Waals surface area contributed by atoms with Gasteiger partial charge in [-0.2, -0.15) is 0 Å². The second-order valence-electron chi connectivity index (χ2n) is 8.44. The number of ether oxygens (including phenoxy) is 3. The number of hydrogen-bond acceptors (Lipinski definition) is 5. The molecule has 3 aromatic carbocycles. The number of rotatable bonds is 8. The van der Waals surface area contributed by atoms with Gasteiger partial charge in [0.1, 0.15) is 6.61 Å². The van der Waals surface area contributed by atoms with Gasteiger partial charge in [0, 0.05) is 18.7 Å². The first-order valence-electron chi connectivity index (χ1n) is 11.6. The number of benzene rings is 3. The van der Waals surface area contributed by atoms with Gasteiger partial charge in [-0.05, 0) is 49.1 Å². The minimum atomic E-state index is -0.374. The molecule has 0 aliphatic carbocycles. The molecule has 1 aliphatic rings. The SMILES string of the molecule is COc1cc(C(=O)Nc2c(C)cccc2C(=O)N2CCCC2)cc(OC)c1OCc1ccccc1. The quantitative estimate of drug-likeness (QED) is 0.493. The van der Waals surface area contributed by atoms with Crippen LogP contribution in [0.3, 0.4) is 0 Å². The van der Waals surface area contributed by atoms with E-state index in [9.17, 15) is 9.59 Å². The average Bonchev–Trinajstić information content (AvgIpc) is 3.43. The second-order valence-corrected chi connectivity index (χ2v) is 8.44. The molecule has 0 bridgehead atoms. The molecule has 1 aliphatic heterocycles. The molecule has 1 heterocycles. The van der Waals surface area contributed by atoms with Crippen molar-refractivity contribution in [1.29, 1.82) is 0 Å². The lowest BCUT2D eigenvalue weighted by atomic mass is 10.1. The van der Waals surface area contributed by atoms with Gasteiger partial charge in [-0.3, -0.25) is 9.59 Å². The molecule has 1 N–H and O–H groups in total. The van der Waals surface area contributed by atoms with Crippen LogP contribution in [0.4, 0.5) is 5.69 Å². The van der Waals surface area contributed by atoms with Crippen LogP contribution in [0.2, 0.25) is 0 Å². The highest BCUT2D eigenvalue weighted by Gasteiger charge is 2.24. The van der Waals surface area contributed by atoms with Gasteiger partial charge in [-0.1, -0.05) is 42.5 Å². The van der Waals surface area contributed by atoms with Crippen molar-refractivity contribution in [2.45, 2.75) is 26.4 Å². The van der Waals surface area contributed by atoms with E-state index in [0.29, 0.717) is 40.7 Å². The van der Waals surface area contributed by atoms with E-state index in [1.54, 1.807) is 18.2 Å². The van der Waals surface area contributed by atoms with Crippen molar-refractivity contribution < 1.29 is 23.8 Å². The van der Waals surface area contributed by atoms with Crippen LogP contribution < -0.4 is 19.5 Å². The number of anilines is 1. The highest BCUT2D eigenvalue weighted by Crippen LogP contribution is 2.39. The molecule has 35 heavy (non-hydrogen) atoms. The maximum Gasteiger partial charge on any atom is 0.255 e. The lowest BCUT2D eigenvalue weighted by Crippen LogP contribution is -2.29. The number of aryl methyl sites for hydroxylation is 1. The van der Waals surface area contributed by atoms with Gasteiger partial charge in [0.25, 0.3) is 11.8 Å². The molecule has 4 rings (SSSR count). The van der Waals surface area contributed by atoms with E-state index >= 15 is 0 Å². The van der Waals surface area contributed by atoms with E-state index in [2.05, 4.69) is 5.32 Å². The van der Waals surface area contributed by atoms with Crippen molar-refractivity contribution in [3.63, 3.8) is 0 Å². The summed E-state index contributed by atoms with van der Waals surface area (Å²) in [7, 11) is 3.03. The Kier molecular flexibility index (Phi) is 7.55. The summed E-state index contributed by atoms with van der Waals surface area (Å²) in [5.41, 5.74) is 3.13. The molecule has 7 nitrogen and oxygen atoms in total. The normalized spacial score (nSPS) is 12.8. The van der Waals surface area contributed by atoms with Crippen LogP contribution in [0.1, 0.15) is 44.7 Å². The summed E-state index contributed by atoms with van der Waals surface area (Å²) in [6, 6.07) is 18.4. The van der Waals surface area contributed by atoms with Crippen molar-refractivity contribution in [3.05, 3.63) is 82.9 Å². The molecular formula is C28H30N2O5. The standard InChI is InChI=1S/C28H30N2O5/c1-19-10-9-13-22(28(32)30-14-7-8-15-30)25(19)29-27(31)21-16-23(33-2)26(24(17-21)34-3)35-18-20-11-5-4-6-12-20/h4-6,9-13,16-17H,7-8,14-15,18H2,1-3H3,(H,29,31). The van der Waals surface area contributed by atoms with Crippen LogP contribution in [-0.4, -0.2) is 44.0 Å². The zero-order valence-electron chi connectivity index (χ0n) is 20.3. The molecule has 0 saturated carbocycles. The minimum Gasteiger partial charge on any atom is -0.493 e. The van der Waals surface area contributed by atoms with Crippen molar-refractivity contribution >= 4 is 17.5 Å². The molecule has 3 aromatic rings. The Bertz CT molecular complexity index is 1180. The first-order valence-corrected chi connectivity index (χ1v) is 11.6. The Labute approximate surface area is 205 Å². The van der Waals surface area contributed by atoms with Gasteiger partial charge in [-0.25, -0.2) is 0 Å². The summed E-state index contributed by atoms with van der Waals surface area (Å²) < 4.78 is 17.0. The third kappa shape index (κ3) is 5.40. The van der Waals surface area contributed by atoms with Gasteiger partial charge in [0.2, 0.25) is 5.75 Å². The Balaban J connectivity index is 1.60. The Morgan fingerprint density at radius 3 is 2.20 bits per heavy atom. The van der Waals surface area contributed by atoms with Crippen LogP contribution in [0.5, 0.6) is 17.2 Å². The fraction of sp³-hybridized carbons (Fsp3) is 0.286. The van der Waals surface area contributed by atoms with E-state index in [-0.39, 0.29) is 11.8 Å². The molecular weight excluding hydrogens is 444 g/mol. The number of para-hydroxylation sites is 1. The van der Waals surface area contributed by atoms with E-state index < -0.39 is 0 Å². The van der Waals surface area contributed by atoms with Crippen molar-refractivity contribution in [3.8, 4) is 17.2 Å². The number of likely N-dealkylation sites (tertiary alicyclic amines) is 1. The van der Waals surface area contributed by atoms with Crippen LogP contribution in [0.25, 0.3) is 0 Å². The topological polar surface area (TPSA) is 77.1 Å². The first kappa shape index (κ1) is 24.1. The first-order chi connectivity index (χ1) is 17.0. The maximum absolute atomic E-state index is 13.3. The predicted molar refractivity (Wildman–Crippen MR) is 135 cm³/mol. The van der Waals surface area contributed by atoms with E-state index in [4.69, 9.17) is 14.2 Å². The Morgan fingerprint density at radius 1 is 0.914 bits per heavy atom. The van der Waals surface area contributed by atoms with Crippen LogP contribution in [0.15, 0.2) is 60.7 Å². The molecule has 0 unspecified atom stereocenters. The summed E-state index contributed by atoms with van der Waals surface area (Å²) in [6.07, 6.45) is 2.00. The molecule has 0 atom stereocenters. The van der Waals surface area contributed by atoms with Gasteiger partial charge >= 0.3 is 0 Å². The number of carbonyl (C=O) groups excluding carboxylic acids is 2.